The van der Waals surface area contributed by atoms with Crippen molar-refractivity contribution in [3.63, 3.8) is 0 Å². The number of nitrogens with two attached hydrogens (primary N) is 1. The number of pyridine rings is 1. The van der Waals surface area contributed by atoms with Crippen molar-refractivity contribution in [3.05, 3.63) is 52.7 Å². The van der Waals surface area contributed by atoms with Crippen LogP contribution in [-0.4, -0.2) is 4.98 Å². The van der Waals surface area contributed by atoms with Crippen molar-refractivity contribution in [2.45, 2.75) is 30.4 Å². The summed E-state index contributed by atoms with van der Waals surface area (Å²) in [6.45, 7) is 4.39. The molecule has 0 radical (unpaired) electrons. The van der Waals surface area contributed by atoms with E-state index in [-0.39, 0.29) is 0 Å². The minimum absolute atomic E-state index is 0.509. The Morgan fingerprint density at radius 3 is 2.47 bits per heavy atom. The Balaban J connectivity index is 2.04. The molecular weight excluding hydrogens is 276 g/mol. The average Bonchev–Trinajstić information content (AvgIpc) is 2.40. The molecule has 0 unspecified atom stereocenters. The Bertz CT molecular complexity index is 553. The Morgan fingerprint density at radius 1 is 1.16 bits per heavy atom. The third-order valence-corrected chi connectivity index (χ3v) is 4.23. The van der Waals surface area contributed by atoms with Gasteiger partial charge in [-0.15, -0.1) is 11.8 Å². The smallest absolute Gasteiger partial charge is 0.123 e. The summed E-state index contributed by atoms with van der Waals surface area (Å²) in [7, 11) is 0. The van der Waals surface area contributed by atoms with Crippen LogP contribution in [-0.2, 0) is 5.75 Å². The van der Waals surface area contributed by atoms with Gasteiger partial charge in [-0.25, -0.2) is 4.98 Å². The number of hydrogen-bond donors (Lipinski definition) is 1. The predicted molar refractivity (Wildman–Crippen MR) is 83.8 cm³/mol. The van der Waals surface area contributed by atoms with Gasteiger partial charge in [0.25, 0.3) is 0 Å². The molecule has 0 atom stereocenters. The summed E-state index contributed by atoms with van der Waals surface area (Å²) in [5, 5.41) is 0.667. The number of rotatable bonds is 4. The van der Waals surface area contributed by atoms with Gasteiger partial charge < -0.3 is 5.73 Å². The van der Waals surface area contributed by atoms with Crippen LogP contribution in [0.1, 0.15) is 31.0 Å². The summed E-state index contributed by atoms with van der Waals surface area (Å²) >= 11 is 7.81. The topological polar surface area (TPSA) is 38.9 Å². The maximum Gasteiger partial charge on any atom is 0.123 e. The fourth-order valence-corrected chi connectivity index (χ4v) is 2.81. The van der Waals surface area contributed by atoms with Crippen molar-refractivity contribution in [2.24, 2.45) is 0 Å². The van der Waals surface area contributed by atoms with Crippen LogP contribution in [0.5, 0.6) is 0 Å². The van der Waals surface area contributed by atoms with E-state index in [2.05, 4.69) is 43.1 Å². The number of nitrogen functional groups attached to an aromatic ring is 1. The van der Waals surface area contributed by atoms with Gasteiger partial charge in [0, 0.05) is 10.6 Å². The zero-order valence-electron chi connectivity index (χ0n) is 11.1. The van der Waals surface area contributed by atoms with Gasteiger partial charge in [-0.3, -0.25) is 0 Å². The molecule has 2 N–H and O–H groups in total. The molecule has 0 spiro atoms. The Kier molecular flexibility index (Phi) is 4.72. The lowest BCUT2D eigenvalue weighted by atomic mass is 10.0. The number of hydrogen-bond acceptors (Lipinski definition) is 3. The van der Waals surface area contributed by atoms with Gasteiger partial charge in [0.2, 0.25) is 0 Å². The molecule has 1 heterocycles. The lowest BCUT2D eigenvalue weighted by Crippen LogP contribution is -1.95. The summed E-state index contributed by atoms with van der Waals surface area (Å²) in [5.74, 6) is 1.80. The molecule has 0 saturated heterocycles. The van der Waals surface area contributed by atoms with Crippen LogP contribution in [0.3, 0.4) is 0 Å². The molecule has 0 bridgehead atoms. The van der Waals surface area contributed by atoms with Gasteiger partial charge in [-0.1, -0.05) is 37.6 Å². The molecule has 4 heteroatoms. The van der Waals surface area contributed by atoms with E-state index in [1.54, 1.807) is 23.9 Å². The third-order valence-electron chi connectivity index (χ3n) is 2.86. The molecule has 0 aliphatic carbocycles. The number of anilines is 1. The molecule has 1 aromatic carbocycles. The summed E-state index contributed by atoms with van der Waals surface area (Å²) in [5.41, 5.74) is 7.85. The van der Waals surface area contributed by atoms with Crippen molar-refractivity contribution in [1.82, 2.24) is 4.98 Å². The molecule has 0 amide bonds. The van der Waals surface area contributed by atoms with Crippen LogP contribution in [0.4, 0.5) is 5.82 Å². The fourth-order valence-electron chi connectivity index (χ4n) is 1.70. The molecule has 100 valence electrons. The van der Waals surface area contributed by atoms with Crippen molar-refractivity contribution in [3.8, 4) is 0 Å². The van der Waals surface area contributed by atoms with Gasteiger partial charge in [-0.05, 0) is 35.7 Å². The summed E-state index contributed by atoms with van der Waals surface area (Å²) < 4.78 is 0. The lowest BCUT2D eigenvalue weighted by molar-refractivity contribution is 0.865. The number of halogens is 1. The minimum atomic E-state index is 0.509. The van der Waals surface area contributed by atoms with E-state index < -0.39 is 0 Å². The Labute approximate surface area is 123 Å². The quantitative estimate of drug-likeness (QED) is 0.828. The second-order valence-electron chi connectivity index (χ2n) is 4.68. The maximum absolute atomic E-state index is 6.10. The van der Waals surface area contributed by atoms with Crippen LogP contribution in [0.2, 0.25) is 5.02 Å². The van der Waals surface area contributed by atoms with E-state index >= 15 is 0 Å². The first-order chi connectivity index (χ1) is 9.06. The van der Waals surface area contributed by atoms with Gasteiger partial charge in [0.15, 0.2) is 0 Å². The SMILES string of the molecule is CC(C)c1ccc(SCc2nc(N)ccc2Cl)cc1. The van der Waals surface area contributed by atoms with E-state index in [0.29, 0.717) is 16.8 Å². The third kappa shape index (κ3) is 3.88. The summed E-state index contributed by atoms with van der Waals surface area (Å²) in [4.78, 5) is 5.47. The van der Waals surface area contributed by atoms with Gasteiger partial charge in [0.05, 0.1) is 10.7 Å². The van der Waals surface area contributed by atoms with Crippen molar-refractivity contribution in [2.75, 3.05) is 5.73 Å². The molecule has 0 saturated carbocycles. The molecule has 0 aliphatic rings. The molecular formula is C15H17ClN2S. The highest BCUT2D eigenvalue weighted by Crippen LogP contribution is 2.27. The highest BCUT2D eigenvalue weighted by molar-refractivity contribution is 7.98. The monoisotopic (exact) mass is 292 g/mol. The normalized spacial score (nSPS) is 10.9. The van der Waals surface area contributed by atoms with Gasteiger partial charge in [-0.2, -0.15) is 0 Å². The Hall–Kier alpha value is -1.19. The van der Waals surface area contributed by atoms with E-state index in [0.717, 1.165) is 11.4 Å². The van der Waals surface area contributed by atoms with E-state index in [9.17, 15) is 0 Å². The summed E-state index contributed by atoms with van der Waals surface area (Å²) in [6, 6.07) is 12.1. The average molecular weight is 293 g/mol. The lowest BCUT2D eigenvalue weighted by Gasteiger charge is -2.07. The zero-order valence-corrected chi connectivity index (χ0v) is 12.6. The highest BCUT2D eigenvalue weighted by atomic mass is 35.5. The number of aromatic nitrogens is 1. The van der Waals surface area contributed by atoms with Crippen molar-refractivity contribution in [1.29, 1.82) is 0 Å². The first-order valence-electron chi connectivity index (χ1n) is 6.20. The van der Waals surface area contributed by atoms with Crippen molar-refractivity contribution >= 4 is 29.2 Å². The second kappa shape index (κ2) is 6.31. The van der Waals surface area contributed by atoms with E-state index in [1.165, 1.54) is 10.5 Å². The standard InChI is InChI=1S/C15H17ClN2S/c1-10(2)11-3-5-12(6-4-11)19-9-14-13(16)7-8-15(17)18-14/h3-8,10H,9H2,1-2H3,(H2,17,18). The molecule has 19 heavy (non-hydrogen) atoms. The molecule has 0 aliphatic heterocycles. The fraction of sp³-hybridized carbons (Fsp3) is 0.267. The predicted octanol–water partition coefficient (Wildman–Crippen LogP) is 4.73. The Morgan fingerprint density at radius 2 is 1.84 bits per heavy atom. The van der Waals surface area contributed by atoms with Gasteiger partial charge >= 0.3 is 0 Å². The molecule has 2 aromatic rings. The van der Waals surface area contributed by atoms with E-state index in [1.807, 2.05) is 0 Å². The highest BCUT2D eigenvalue weighted by Gasteiger charge is 2.05. The van der Waals surface area contributed by atoms with E-state index in [4.69, 9.17) is 17.3 Å². The largest absolute Gasteiger partial charge is 0.384 e. The number of nitrogens with zero attached hydrogens (tertiary/aromatic N) is 1. The molecule has 1 aromatic heterocycles. The number of benzene rings is 1. The van der Waals surface area contributed by atoms with Crippen LogP contribution in [0, 0.1) is 0 Å². The number of thioether (sulfide) groups is 1. The maximum atomic E-state index is 6.10. The first kappa shape index (κ1) is 14.2. The van der Waals surface area contributed by atoms with Crippen LogP contribution in [0.15, 0.2) is 41.3 Å². The van der Waals surface area contributed by atoms with Crippen molar-refractivity contribution < 1.29 is 0 Å². The van der Waals surface area contributed by atoms with Crippen LogP contribution in [0.25, 0.3) is 0 Å². The second-order valence-corrected chi connectivity index (χ2v) is 6.13. The van der Waals surface area contributed by atoms with Crippen LogP contribution >= 0.6 is 23.4 Å². The first-order valence-corrected chi connectivity index (χ1v) is 7.56. The molecule has 2 rings (SSSR count). The molecule has 0 fully saturated rings. The van der Waals surface area contributed by atoms with Gasteiger partial charge in [0.1, 0.15) is 5.82 Å². The zero-order chi connectivity index (χ0) is 13.8. The minimum Gasteiger partial charge on any atom is -0.384 e. The summed E-state index contributed by atoms with van der Waals surface area (Å²) in [6.07, 6.45) is 0. The molecule has 2 nitrogen and oxygen atoms in total. The van der Waals surface area contributed by atoms with Crippen LogP contribution < -0.4 is 5.73 Å².